The molecule has 0 aliphatic carbocycles. The van der Waals surface area contributed by atoms with Crippen molar-refractivity contribution in [3.05, 3.63) is 64.7 Å². The van der Waals surface area contributed by atoms with E-state index in [9.17, 15) is 19.5 Å². The smallest absolute Gasteiger partial charge is 0.340 e. The standard InChI is InChI=1S/C18H17ClN2O6/c1-26-14-8-7-12(19)9-13(14)17(24)21-20-15(22)10-27-18(25)16(23)11-5-3-2-4-6-11/h2-9,16,23H,10H2,1H3,(H,20,22)(H,21,24)/t16-/m1/s1. The second-order valence-electron chi connectivity index (χ2n) is 5.27. The molecule has 2 aromatic rings. The molecule has 0 fully saturated rings. The number of hydrazine groups is 1. The molecule has 142 valence electrons. The summed E-state index contributed by atoms with van der Waals surface area (Å²) in [5, 5.41) is 10.2. The van der Waals surface area contributed by atoms with Gasteiger partial charge in [0.2, 0.25) is 0 Å². The molecule has 1 atom stereocenters. The average molecular weight is 393 g/mol. The summed E-state index contributed by atoms with van der Waals surface area (Å²) in [6, 6.07) is 12.6. The summed E-state index contributed by atoms with van der Waals surface area (Å²) in [4.78, 5) is 35.6. The number of aliphatic hydroxyl groups is 1. The van der Waals surface area contributed by atoms with Crippen molar-refractivity contribution in [2.45, 2.75) is 6.10 Å². The minimum absolute atomic E-state index is 0.113. The van der Waals surface area contributed by atoms with Gasteiger partial charge in [-0.05, 0) is 23.8 Å². The molecule has 0 unspecified atom stereocenters. The highest BCUT2D eigenvalue weighted by Gasteiger charge is 2.20. The third kappa shape index (κ3) is 5.70. The van der Waals surface area contributed by atoms with Crippen molar-refractivity contribution >= 4 is 29.4 Å². The highest BCUT2D eigenvalue weighted by molar-refractivity contribution is 6.31. The number of hydrogen-bond acceptors (Lipinski definition) is 6. The van der Waals surface area contributed by atoms with Gasteiger partial charge in [0, 0.05) is 5.02 Å². The van der Waals surface area contributed by atoms with Crippen LogP contribution in [0.4, 0.5) is 0 Å². The fourth-order valence-corrected chi connectivity index (χ4v) is 2.25. The Morgan fingerprint density at radius 2 is 1.81 bits per heavy atom. The quantitative estimate of drug-likeness (QED) is 0.505. The van der Waals surface area contributed by atoms with Crippen LogP contribution in [0.3, 0.4) is 0 Å². The third-order valence-electron chi connectivity index (χ3n) is 3.41. The summed E-state index contributed by atoms with van der Waals surface area (Å²) in [6.45, 7) is -0.685. The molecule has 3 N–H and O–H groups in total. The van der Waals surface area contributed by atoms with Gasteiger partial charge in [0.25, 0.3) is 11.8 Å². The first kappa shape index (κ1) is 20.2. The van der Waals surface area contributed by atoms with E-state index in [1.165, 1.54) is 19.2 Å². The molecule has 0 aromatic heterocycles. The summed E-state index contributed by atoms with van der Waals surface area (Å²) in [7, 11) is 1.39. The van der Waals surface area contributed by atoms with Crippen molar-refractivity contribution in [2.75, 3.05) is 13.7 Å². The number of benzene rings is 2. The SMILES string of the molecule is COc1ccc(Cl)cc1C(=O)NNC(=O)COC(=O)[C@H](O)c1ccccc1. The van der Waals surface area contributed by atoms with E-state index in [1.54, 1.807) is 36.4 Å². The van der Waals surface area contributed by atoms with Gasteiger partial charge in [-0.2, -0.15) is 0 Å². The minimum atomic E-state index is -1.51. The Bertz CT molecular complexity index is 828. The van der Waals surface area contributed by atoms with Gasteiger partial charge in [-0.1, -0.05) is 41.9 Å². The van der Waals surface area contributed by atoms with Crippen LogP contribution >= 0.6 is 11.6 Å². The number of amides is 2. The fourth-order valence-electron chi connectivity index (χ4n) is 2.07. The van der Waals surface area contributed by atoms with E-state index in [0.717, 1.165) is 0 Å². The monoisotopic (exact) mass is 392 g/mol. The zero-order valence-corrected chi connectivity index (χ0v) is 15.0. The minimum Gasteiger partial charge on any atom is -0.496 e. The summed E-state index contributed by atoms with van der Waals surface area (Å²) < 4.78 is 9.77. The Morgan fingerprint density at radius 1 is 1.11 bits per heavy atom. The number of carbonyl (C=O) groups excluding carboxylic acids is 3. The predicted octanol–water partition coefficient (Wildman–Crippen LogP) is 1.39. The number of rotatable bonds is 6. The van der Waals surface area contributed by atoms with Gasteiger partial charge < -0.3 is 14.6 Å². The van der Waals surface area contributed by atoms with Gasteiger partial charge in [0.05, 0.1) is 12.7 Å². The van der Waals surface area contributed by atoms with E-state index in [2.05, 4.69) is 10.9 Å². The molecule has 2 aromatic carbocycles. The van der Waals surface area contributed by atoms with Crippen LogP contribution in [0.25, 0.3) is 0 Å². The first-order valence-corrected chi connectivity index (χ1v) is 8.12. The van der Waals surface area contributed by atoms with Gasteiger partial charge in [0.1, 0.15) is 5.75 Å². The van der Waals surface area contributed by atoms with Gasteiger partial charge >= 0.3 is 5.97 Å². The van der Waals surface area contributed by atoms with Crippen LogP contribution in [0, 0.1) is 0 Å². The third-order valence-corrected chi connectivity index (χ3v) is 3.64. The molecular weight excluding hydrogens is 376 g/mol. The molecule has 2 rings (SSSR count). The van der Waals surface area contributed by atoms with E-state index < -0.39 is 30.5 Å². The van der Waals surface area contributed by atoms with E-state index >= 15 is 0 Å². The van der Waals surface area contributed by atoms with Crippen LogP contribution in [0.2, 0.25) is 5.02 Å². The Morgan fingerprint density at radius 3 is 2.48 bits per heavy atom. The lowest BCUT2D eigenvalue weighted by Gasteiger charge is -2.12. The lowest BCUT2D eigenvalue weighted by atomic mass is 10.1. The number of halogens is 1. The lowest BCUT2D eigenvalue weighted by molar-refractivity contribution is -0.157. The Hall–Kier alpha value is -3.10. The Labute approximate surface area is 160 Å². The average Bonchev–Trinajstić information content (AvgIpc) is 2.70. The van der Waals surface area contributed by atoms with Crippen LogP contribution in [0.1, 0.15) is 22.0 Å². The Balaban J connectivity index is 1.83. The summed E-state index contributed by atoms with van der Waals surface area (Å²) >= 11 is 5.84. The number of carbonyl (C=O) groups is 3. The van der Waals surface area contributed by atoms with Crippen LogP contribution in [0.5, 0.6) is 5.75 Å². The van der Waals surface area contributed by atoms with Crippen molar-refractivity contribution < 1.29 is 29.0 Å². The lowest BCUT2D eigenvalue weighted by Crippen LogP contribution is -2.43. The Kier molecular flexibility index (Phi) is 7.16. The number of ether oxygens (including phenoxy) is 2. The van der Waals surface area contributed by atoms with E-state index in [4.69, 9.17) is 21.1 Å². The normalized spacial score (nSPS) is 11.2. The molecule has 0 aliphatic rings. The second-order valence-corrected chi connectivity index (χ2v) is 5.70. The molecule has 0 aliphatic heterocycles. The molecule has 0 heterocycles. The fraction of sp³-hybridized carbons (Fsp3) is 0.167. The maximum atomic E-state index is 12.1. The topological polar surface area (TPSA) is 114 Å². The molecule has 0 radical (unpaired) electrons. The largest absolute Gasteiger partial charge is 0.496 e. The molecule has 8 nitrogen and oxygen atoms in total. The number of methoxy groups -OCH3 is 1. The highest BCUT2D eigenvalue weighted by Crippen LogP contribution is 2.22. The first-order chi connectivity index (χ1) is 12.9. The first-order valence-electron chi connectivity index (χ1n) is 7.74. The number of hydrogen-bond donors (Lipinski definition) is 3. The molecule has 0 saturated carbocycles. The van der Waals surface area contributed by atoms with Crippen LogP contribution in [-0.2, 0) is 14.3 Å². The molecule has 9 heteroatoms. The number of esters is 1. The van der Waals surface area contributed by atoms with Crippen molar-refractivity contribution in [2.24, 2.45) is 0 Å². The van der Waals surface area contributed by atoms with E-state index in [-0.39, 0.29) is 11.3 Å². The van der Waals surface area contributed by atoms with Gasteiger partial charge in [0.15, 0.2) is 12.7 Å². The molecule has 27 heavy (non-hydrogen) atoms. The molecule has 2 amide bonds. The van der Waals surface area contributed by atoms with Gasteiger partial charge in [-0.15, -0.1) is 0 Å². The maximum absolute atomic E-state index is 12.1. The van der Waals surface area contributed by atoms with Gasteiger partial charge in [-0.25, -0.2) is 4.79 Å². The number of nitrogens with one attached hydrogen (secondary N) is 2. The van der Waals surface area contributed by atoms with Crippen molar-refractivity contribution in [3.8, 4) is 5.75 Å². The second kappa shape index (κ2) is 9.56. The van der Waals surface area contributed by atoms with E-state index in [0.29, 0.717) is 10.6 Å². The molecule has 0 spiro atoms. The molecular formula is C18H17ClN2O6. The zero-order chi connectivity index (χ0) is 19.8. The highest BCUT2D eigenvalue weighted by atomic mass is 35.5. The summed E-state index contributed by atoms with van der Waals surface area (Å²) in [6.07, 6.45) is -1.51. The molecule has 0 bridgehead atoms. The molecule has 0 saturated heterocycles. The summed E-state index contributed by atoms with van der Waals surface area (Å²) in [5.41, 5.74) is 4.69. The van der Waals surface area contributed by atoms with Crippen molar-refractivity contribution in [3.63, 3.8) is 0 Å². The maximum Gasteiger partial charge on any atom is 0.340 e. The summed E-state index contributed by atoms with van der Waals surface area (Å²) in [5.74, 6) is -2.18. The van der Waals surface area contributed by atoms with Gasteiger partial charge in [-0.3, -0.25) is 20.4 Å². The van der Waals surface area contributed by atoms with E-state index in [1.807, 2.05) is 0 Å². The number of aliphatic hydroxyl groups excluding tert-OH is 1. The zero-order valence-electron chi connectivity index (χ0n) is 14.3. The van der Waals surface area contributed by atoms with Crippen molar-refractivity contribution in [1.29, 1.82) is 0 Å². The predicted molar refractivity (Wildman–Crippen MR) is 96.0 cm³/mol. The van der Waals surface area contributed by atoms with Crippen LogP contribution < -0.4 is 15.6 Å². The van der Waals surface area contributed by atoms with Crippen molar-refractivity contribution in [1.82, 2.24) is 10.9 Å². The van der Waals surface area contributed by atoms with Crippen LogP contribution in [-0.4, -0.2) is 36.6 Å². The van der Waals surface area contributed by atoms with Crippen LogP contribution in [0.15, 0.2) is 48.5 Å².